The second-order valence-electron chi connectivity index (χ2n) is 6.15. The summed E-state index contributed by atoms with van der Waals surface area (Å²) in [6.45, 7) is 0. The lowest BCUT2D eigenvalue weighted by atomic mass is 10.1. The molecular formula is C18H12N4O8S2. The van der Waals surface area contributed by atoms with Crippen LogP contribution in [-0.4, -0.2) is 38.1 Å². The molecule has 1 aliphatic carbocycles. The Morgan fingerprint density at radius 2 is 0.844 bits per heavy atom. The van der Waals surface area contributed by atoms with Crippen molar-refractivity contribution in [2.24, 2.45) is 8.80 Å². The van der Waals surface area contributed by atoms with E-state index >= 15 is 0 Å². The molecule has 0 N–H and O–H groups in total. The number of nitrogens with zero attached hydrogens (tertiary/aromatic N) is 4. The van der Waals surface area contributed by atoms with Crippen molar-refractivity contribution in [3.63, 3.8) is 0 Å². The fraction of sp³-hybridized carbons (Fsp3) is 0. The Balaban J connectivity index is 1.80. The van der Waals surface area contributed by atoms with Gasteiger partial charge in [-0.25, -0.2) is 0 Å². The zero-order chi connectivity index (χ0) is 23.5. The number of allylic oxidation sites excluding steroid dienone is 4. The predicted molar refractivity (Wildman–Crippen MR) is 114 cm³/mol. The van der Waals surface area contributed by atoms with Crippen molar-refractivity contribution in [2.75, 3.05) is 0 Å². The largest absolute Gasteiger partial charge is 0.282 e. The van der Waals surface area contributed by atoms with Gasteiger partial charge < -0.3 is 0 Å². The third-order valence-corrected chi connectivity index (χ3v) is 6.63. The zero-order valence-corrected chi connectivity index (χ0v) is 17.4. The first-order chi connectivity index (χ1) is 15.0. The molecule has 0 bridgehead atoms. The predicted octanol–water partition coefficient (Wildman–Crippen LogP) is 2.59. The molecule has 12 nitrogen and oxygen atoms in total. The summed E-state index contributed by atoms with van der Waals surface area (Å²) in [5.41, 5.74) is -0.585. The lowest BCUT2D eigenvalue weighted by Gasteiger charge is -2.04. The van der Waals surface area contributed by atoms with Crippen LogP contribution >= 0.6 is 0 Å². The minimum atomic E-state index is -4.16. The fourth-order valence-corrected chi connectivity index (χ4v) is 4.41. The molecule has 0 aromatic heterocycles. The van der Waals surface area contributed by atoms with Gasteiger partial charge in [0.2, 0.25) is 0 Å². The number of hydrogen-bond donors (Lipinski definition) is 0. The summed E-state index contributed by atoms with van der Waals surface area (Å²) in [5.74, 6) is 0. The number of sulfonamides is 2. The highest BCUT2D eigenvalue weighted by atomic mass is 32.2. The van der Waals surface area contributed by atoms with E-state index < -0.39 is 29.9 Å². The second-order valence-corrected chi connectivity index (χ2v) is 9.36. The molecule has 14 heteroatoms. The normalized spacial score (nSPS) is 13.6. The Bertz CT molecular complexity index is 1290. The monoisotopic (exact) mass is 476 g/mol. The maximum atomic E-state index is 12.4. The maximum Gasteiger partial charge on any atom is 0.282 e. The minimum Gasteiger partial charge on any atom is -0.258 e. The Hall–Kier alpha value is -4.04. The Labute approximate surface area is 181 Å². The zero-order valence-electron chi connectivity index (χ0n) is 15.8. The van der Waals surface area contributed by atoms with E-state index in [1.807, 2.05) is 0 Å². The standard InChI is InChI=1S/C18H12N4O8S2/c23-21(24)15-5-9-17(10-6-15)31(27,28)19-13-1-2-14(4-3-13)20-32(29,30)18-11-7-16(8-12-18)22(25)26/h1-12H. The topological polar surface area (TPSA) is 179 Å². The van der Waals surface area contributed by atoms with Crippen molar-refractivity contribution < 1.29 is 26.7 Å². The molecule has 0 unspecified atom stereocenters. The molecule has 0 amide bonds. The molecule has 0 fully saturated rings. The van der Waals surface area contributed by atoms with Crippen molar-refractivity contribution in [1.82, 2.24) is 0 Å². The molecule has 0 saturated heterocycles. The molecule has 2 aromatic carbocycles. The first kappa shape index (κ1) is 22.6. The molecular weight excluding hydrogens is 464 g/mol. The van der Waals surface area contributed by atoms with Gasteiger partial charge in [-0.05, 0) is 48.6 Å². The van der Waals surface area contributed by atoms with E-state index in [2.05, 4.69) is 8.80 Å². The van der Waals surface area contributed by atoms with E-state index in [1.165, 1.54) is 24.3 Å². The number of rotatable bonds is 6. The molecule has 0 aliphatic heterocycles. The third kappa shape index (κ3) is 5.16. The third-order valence-electron chi connectivity index (χ3n) is 3.99. The highest BCUT2D eigenvalue weighted by Crippen LogP contribution is 2.20. The van der Waals surface area contributed by atoms with Crippen molar-refractivity contribution in [3.05, 3.63) is 93.1 Å². The van der Waals surface area contributed by atoms with Crippen LogP contribution in [0.4, 0.5) is 11.4 Å². The van der Waals surface area contributed by atoms with Crippen LogP contribution in [0.2, 0.25) is 0 Å². The summed E-state index contributed by atoms with van der Waals surface area (Å²) in [6.07, 6.45) is 4.92. The van der Waals surface area contributed by atoms with Gasteiger partial charge in [-0.15, -0.1) is 0 Å². The summed E-state index contributed by atoms with van der Waals surface area (Å²) in [4.78, 5) is 19.5. The Morgan fingerprint density at radius 1 is 0.562 bits per heavy atom. The number of hydrogen-bond acceptors (Lipinski definition) is 8. The second kappa shape index (κ2) is 8.60. The Kier molecular flexibility index (Phi) is 6.09. The van der Waals surface area contributed by atoms with E-state index in [0.29, 0.717) is 0 Å². The lowest BCUT2D eigenvalue weighted by Crippen LogP contribution is -2.07. The quantitative estimate of drug-likeness (QED) is 0.346. The first-order valence-electron chi connectivity index (χ1n) is 8.53. The molecule has 32 heavy (non-hydrogen) atoms. The van der Waals surface area contributed by atoms with Crippen LogP contribution in [0.25, 0.3) is 0 Å². The molecule has 2 aromatic rings. The van der Waals surface area contributed by atoms with Gasteiger partial charge in [-0.1, -0.05) is 0 Å². The molecule has 0 spiro atoms. The van der Waals surface area contributed by atoms with Crippen LogP contribution in [0, 0.1) is 20.2 Å². The van der Waals surface area contributed by atoms with Gasteiger partial charge in [0.15, 0.2) is 0 Å². The number of benzene rings is 2. The summed E-state index contributed by atoms with van der Waals surface area (Å²) in [5, 5.41) is 21.3. The van der Waals surface area contributed by atoms with Crippen LogP contribution in [0.15, 0.2) is 91.4 Å². The van der Waals surface area contributed by atoms with Gasteiger partial charge in [-0.3, -0.25) is 20.2 Å². The molecule has 0 atom stereocenters. The summed E-state index contributed by atoms with van der Waals surface area (Å²) >= 11 is 0. The number of non-ortho nitro benzene ring substituents is 2. The van der Waals surface area contributed by atoms with Gasteiger partial charge in [0.05, 0.1) is 31.1 Å². The van der Waals surface area contributed by atoms with E-state index in [-0.39, 0.29) is 32.6 Å². The van der Waals surface area contributed by atoms with Crippen molar-refractivity contribution in [3.8, 4) is 0 Å². The molecule has 164 valence electrons. The van der Waals surface area contributed by atoms with Crippen molar-refractivity contribution >= 4 is 42.8 Å². The highest BCUT2D eigenvalue weighted by Gasteiger charge is 2.18. The van der Waals surface area contributed by atoms with Crippen molar-refractivity contribution in [2.45, 2.75) is 9.79 Å². The smallest absolute Gasteiger partial charge is 0.258 e. The average molecular weight is 476 g/mol. The van der Waals surface area contributed by atoms with Gasteiger partial charge in [0.25, 0.3) is 31.4 Å². The van der Waals surface area contributed by atoms with E-state index in [1.54, 1.807) is 0 Å². The molecule has 3 rings (SSSR count). The maximum absolute atomic E-state index is 12.4. The molecule has 1 aliphatic rings. The molecule has 0 heterocycles. The van der Waals surface area contributed by atoms with Crippen LogP contribution in [0.1, 0.15) is 0 Å². The van der Waals surface area contributed by atoms with E-state index in [4.69, 9.17) is 0 Å². The summed E-state index contributed by atoms with van der Waals surface area (Å²) in [6, 6.07) is 8.35. The van der Waals surface area contributed by atoms with Crippen LogP contribution in [0.3, 0.4) is 0 Å². The molecule has 0 radical (unpaired) electrons. The summed E-state index contributed by atoms with van der Waals surface area (Å²) in [7, 11) is -8.32. The first-order valence-corrected chi connectivity index (χ1v) is 11.4. The van der Waals surface area contributed by atoms with Gasteiger partial charge >= 0.3 is 0 Å². The van der Waals surface area contributed by atoms with Crippen LogP contribution in [0.5, 0.6) is 0 Å². The Morgan fingerprint density at radius 3 is 1.09 bits per heavy atom. The minimum absolute atomic E-state index is 0.0185. The fourth-order valence-electron chi connectivity index (χ4n) is 2.44. The molecule has 0 saturated carbocycles. The van der Waals surface area contributed by atoms with Gasteiger partial charge in [0.1, 0.15) is 0 Å². The lowest BCUT2D eigenvalue weighted by molar-refractivity contribution is -0.385. The van der Waals surface area contributed by atoms with E-state index in [0.717, 1.165) is 48.5 Å². The van der Waals surface area contributed by atoms with E-state index in [9.17, 15) is 37.1 Å². The van der Waals surface area contributed by atoms with Gasteiger partial charge in [-0.2, -0.15) is 25.6 Å². The number of nitro benzene ring substituents is 2. The highest BCUT2D eigenvalue weighted by molar-refractivity contribution is 7.90. The average Bonchev–Trinajstić information content (AvgIpc) is 2.75. The van der Waals surface area contributed by atoms with Crippen molar-refractivity contribution in [1.29, 1.82) is 0 Å². The number of nitro groups is 2. The van der Waals surface area contributed by atoms with Crippen LogP contribution < -0.4 is 0 Å². The van der Waals surface area contributed by atoms with Gasteiger partial charge in [0, 0.05) is 24.3 Å². The van der Waals surface area contributed by atoms with Crippen LogP contribution in [-0.2, 0) is 20.0 Å². The summed E-state index contributed by atoms with van der Waals surface area (Å²) < 4.78 is 56.6. The SMILES string of the molecule is O=[N+]([O-])c1ccc(S(=O)(=O)N=C2C=CC(=NS(=O)(=O)c3ccc([N+](=O)[O-])cc3)C=C2)cc1.